The van der Waals surface area contributed by atoms with Crippen LogP contribution in [-0.4, -0.2) is 20.2 Å². The number of nitrogens with one attached hydrogen (secondary N) is 1. The Labute approximate surface area is 143 Å². The zero-order chi connectivity index (χ0) is 17.4. The summed E-state index contributed by atoms with van der Waals surface area (Å²) in [4.78, 5) is 8.31. The highest BCUT2D eigenvalue weighted by atomic mass is 16.5. The molecule has 0 aliphatic carbocycles. The number of anilines is 3. The number of nitrogen functional groups attached to an aromatic ring is 1. The predicted octanol–water partition coefficient (Wildman–Crippen LogP) is 3.62. The number of aryl methyl sites for hydroxylation is 1. The maximum absolute atomic E-state index is 10.5. The minimum Gasteiger partial charge on any atom is -0.503 e. The van der Waals surface area contributed by atoms with Crippen LogP contribution in [-0.2, 0) is 0 Å². The first-order chi connectivity index (χ1) is 12.1. The van der Waals surface area contributed by atoms with Crippen molar-refractivity contribution in [2.24, 2.45) is 0 Å². The third-order valence-electron chi connectivity index (χ3n) is 3.91. The monoisotopic (exact) mass is 333 g/mol. The van der Waals surface area contributed by atoms with E-state index < -0.39 is 0 Å². The average molecular weight is 333 g/mol. The second kappa shape index (κ2) is 5.79. The Hall–Kier alpha value is -3.61. The van der Waals surface area contributed by atoms with Gasteiger partial charge in [0.25, 0.3) is 0 Å². The second-order valence-corrected chi connectivity index (χ2v) is 5.69. The van der Waals surface area contributed by atoms with E-state index in [1.54, 1.807) is 12.1 Å². The van der Waals surface area contributed by atoms with Crippen molar-refractivity contribution in [2.75, 3.05) is 11.1 Å². The number of benzene rings is 2. The predicted molar refractivity (Wildman–Crippen MR) is 95.6 cm³/mol. The molecule has 4 aromatic rings. The van der Waals surface area contributed by atoms with E-state index in [1.165, 1.54) is 6.33 Å². The molecule has 0 spiro atoms. The van der Waals surface area contributed by atoms with Gasteiger partial charge in [0.15, 0.2) is 23.0 Å². The topological polar surface area (TPSA) is 110 Å². The molecule has 0 atom stereocenters. The first-order valence-electron chi connectivity index (χ1n) is 7.65. The minimum atomic E-state index is -0.0245. The summed E-state index contributed by atoms with van der Waals surface area (Å²) in [6.07, 6.45) is 1.40. The number of hydrogen-bond donors (Lipinski definition) is 3. The Morgan fingerprint density at radius 3 is 2.68 bits per heavy atom. The normalized spacial score (nSPS) is 10.9. The van der Waals surface area contributed by atoms with Gasteiger partial charge in [-0.15, -0.1) is 0 Å². The maximum Gasteiger partial charge on any atom is 0.185 e. The van der Waals surface area contributed by atoms with Crippen molar-refractivity contribution in [3.8, 4) is 17.0 Å². The highest BCUT2D eigenvalue weighted by molar-refractivity contribution is 5.90. The van der Waals surface area contributed by atoms with Gasteiger partial charge in [0.1, 0.15) is 12.0 Å². The SMILES string of the molecule is Cc1ccc(-c2ncnc(Nc3ccc4c(N)noc4c3)c2O)cc1. The molecule has 2 heterocycles. The molecule has 2 aromatic carbocycles. The van der Waals surface area contributed by atoms with Gasteiger partial charge in [-0.25, -0.2) is 9.97 Å². The molecule has 0 saturated carbocycles. The van der Waals surface area contributed by atoms with E-state index in [1.807, 2.05) is 37.3 Å². The van der Waals surface area contributed by atoms with Crippen LogP contribution in [0.25, 0.3) is 22.2 Å². The summed E-state index contributed by atoms with van der Waals surface area (Å²) in [7, 11) is 0. The number of rotatable bonds is 3. The second-order valence-electron chi connectivity index (χ2n) is 5.69. The van der Waals surface area contributed by atoms with E-state index in [0.29, 0.717) is 28.6 Å². The van der Waals surface area contributed by atoms with Crippen molar-refractivity contribution in [3.05, 3.63) is 54.4 Å². The third-order valence-corrected chi connectivity index (χ3v) is 3.91. The Bertz CT molecular complexity index is 1060. The van der Waals surface area contributed by atoms with E-state index in [0.717, 1.165) is 16.5 Å². The van der Waals surface area contributed by atoms with Gasteiger partial charge in [0, 0.05) is 17.3 Å². The van der Waals surface area contributed by atoms with Crippen molar-refractivity contribution in [1.82, 2.24) is 15.1 Å². The molecule has 4 N–H and O–H groups in total. The molecule has 0 radical (unpaired) electrons. The van der Waals surface area contributed by atoms with Gasteiger partial charge >= 0.3 is 0 Å². The van der Waals surface area contributed by atoms with Gasteiger partial charge < -0.3 is 20.7 Å². The number of hydrogen-bond acceptors (Lipinski definition) is 7. The van der Waals surface area contributed by atoms with E-state index in [4.69, 9.17) is 10.3 Å². The summed E-state index contributed by atoms with van der Waals surface area (Å²) in [6, 6.07) is 13.1. The Morgan fingerprint density at radius 2 is 1.88 bits per heavy atom. The Balaban J connectivity index is 1.70. The highest BCUT2D eigenvalue weighted by Gasteiger charge is 2.13. The van der Waals surface area contributed by atoms with Gasteiger partial charge in [0.05, 0.1) is 5.39 Å². The van der Waals surface area contributed by atoms with E-state index >= 15 is 0 Å². The van der Waals surface area contributed by atoms with Gasteiger partial charge in [-0.1, -0.05) is 35.0 Å². The molecule has 7 nitrogen and oxygen atoms in total. The fraction of sp³-hybridized carbons (Fsp3) is 0.0556. The van der Waals surface area contributed by atoms with E-state index in [2.05, 4.69) is 20.4 Å². The lowest BCUT2D eigenvalue weighted by atomic mass is 10.1. The van der Waals surface area contributed by atoms with Crippen LogP contribution < -0.4 is 11.1 Å². The molecule has 0 amide bonds. The summed E-state index contributed by atoms with van der Waals surface area (Å²) < 4.78 is 5.15. The summed E-state index contributed by atoms with van der Waals surface area (Å²) in [5, 5.41) is 18.1. The van der Waals surface area contributed by atoms with Gasteiger partial charge in [0.2, 0.25) is 0 Å². The van der Waals surface area contributed by atoms with E-state index in [9.17, 15) is 5.11 Å². The molecule has 7 heteroatoms. The first kappa shape index (κ1) is 14.9. The van der Waals surface area contributed by atoms with Gasteiger partial charge in [-0.2, -0.15) is 0 Å². The van der Waals surface area contributed by atoms with Crippen LogP contribution >= 0.6 is 0 Å². The van der Waals surface area contributed by atoms with Crippen LogP contribution in [0.2, 0.25) is 0 Å². The molecule has 124 valence electrons. The molecule has 25 heavy (non-hydrogen) atoms. The van der Waals surface area contributed by atoms with Crippen LogP contribution in [0.4, 0.5) is 17.3 Å². The number of aromatic hydroxyl groups is 1. The van der Waals surface area contributed by atoms with Crippen molar-refractivity contribution >= 4 is 28.3 Å². The van der Waals surface area contributed by atoms with Crippen molar-refractivity contribution in [3.63, 3.8) is 0 Å². The number of nitrogens with zero attached hydrogens (tertiary/aromatic N) is 3. The Kier molecular flexibility index (Phi) is 3.46. The molecule has 4 rings (SSSR count). The van der Waals surface area contributed by atoms with Crippen LogP contribution in [0.1, 0.15) is 5.56 Å². The Morgan fingerprint density at radius 1 is 1.08 bits per heavy atom. The zero-order valence-corrected chi connectivity index (χ0v) is 13.4. The largest absolute Gasteiger partial charge is 0.503 e. The van der Waals surface area contributed by atoms with Crippen molar-refractivity contribution in [2.45, 2.75) is 6.92 Å². The number of aromatic nitrogens is 3. The van der Waals surface area contributed by atoms with Crippen LogP contribution in [0.5, 0.6) is 5.75 Å². The fourth-order valence-electron chi connectivity index (χ4n) is 2.56. The van der Waals surface area contributed by atoms with Crippen LogP contribution in [0.3, 0.4) is 0 Å². The minimum absolute atomic E-state index is 0.0245. The summed E-state index contributed by atoms with van der Waals surface area (Å²) in [5.41, 5.74) is 9.36. The quantitative estimate of drug-likeness (QED) is 0.525. The van der Waals surface area contributed by atoms with Crippen molar-refractivity contribution < 1.29 is 9.63 Å². The molecule has 2 aromatic heterocycles. The lowest BCUT2D eigenvalue weighted by Gasteiger charge is -2.10. The maximum atomic E-state index is 10.5. The van der Waals surface area contributed by atoms with Crippen molar-refractivity contribution in [1.29, 1.82) is 0 Å². The smallest absolute Gasteiger partial charge is 0.185 e. The molecule has 0 aliphatic heterocycles. The molecule has 0 unspecified atom stereocenters. The molecular weight excluding hydrogens is 318 g/mol. The van der Waals surface area contributed by atoms with Crippen LogP contribution in [0.15, 0.2) is 53.3 Å². The molecule has 0 bridgehead atoms. The average Bonchev–Trinajstić information content (AvgIpc) is 2.98. The molecular formula is C18H15N5O2. The molecule has 0 fully saturated rings. The lowest BCUT2D eigenvalue weighted by molar-refractivity contribution is 0.460. The standard InChI is InChI=1S/C18H15N5O2/c1-10-2-4-11(5-3-10)15-16(24)18(21-9-20-15)22-12-6-7-13-14(8-12)25-23-17(13)19/h2-9,24H,1H3,(H2,19,23)(H,20,21,22). The lowest BCUT2D eigenvalue weighted by Crippen LogP contribution is -1.97. The number of nitrogens with two attached hydrogens (primary N) is 1. The molecule has 0 saturated heterocycles. The van der Waals surface area contributed by atoms with Crippen LogP contribution in [0, 0.1) is 6.92 Å². The summed E-state index contributed by atoms with van der Waals surface area (Å²) in [5.74, 6) is 0.619. The zero-order valence-electron chi connectivity index (χ0n) is 13.4. The highest BCUT2D eigenvalue weighted by Crippen LogP contribution is 2.34. The number of fused-ring (bicyclic) bond motifs is 1. The van der Waals surface area contributed by atoms with Gasteiger partial charge in [-0.3, -0.25) is 0 Å². The first-order valence-corrected chi connectivity index (χ1v) is 7.65. The summed E-state index contributed by atoms with van der Waals surface area (Å²) >= 11 is 0. The van der Waals surface area contributed by atoms with E-state index in [-0.39, 0.29) is 5.75 Å². The van der Waals surface area contributed by atoms with Gasteiger partial charge in [-0.05, 0) is 19.1 Å². The summed E-state index contributed by atoms with van der Waals surface area (Å²) in [6.45, 7) is 2.00. The fourth-order valence-corrected chi connectivity index (χ4v) is 2.56. The molecule has 0 aliphatic rings. The third kappa shape index (κ3) is 2.72.